The van der Waals surface area contributed by atoms with Crippen molar-refractivity contribution in [1.82, 2.24) is 5.32 Å². The number of phosphoric acid groups is 1. The summed E-state index contributed by atoms with van der Waals surface area (Å²) in [5, 5.41) is 3.03. The lowest BCUT2D eigenvalue weighted by molar-refractivity contribution is -0.870. The van der Waals surface area contributed by atoms with Crippen LogP contribution in [-0.2, 0) is 27.9 Å². The quantitative estimate of drug-likeness (QED) is 0.0212. The molecule has 3 atom stereocenters. The molecule has 0 bridgehead atoms. The van der Waals surface area contributed by atoms with E-state index in [4.69, 9.17) is 13.8 Å². The number of esters is 1. The largest absolute Gasteiger partial charge is 0.756 e. The molecule has 0 saturated carbocycles. The Morgan fingerprint density at radius 3 is 1.22 bits per heavy atom. The van der Waals surface area contributed by atoms with E-state index in [1.807, 2.05) is 33.3 Å². The third-order valence-corrected chi connectivity index (χ3v) is 15.3. The minimum absolute atomic E-state index is 0.0257. The summed E-state index contributed by atoms with van der Waals surface area (Å²) in [6.07, 6.45) is 74.4. The number of carbonyl (C=O) groups excluding carboxylic acids is 2. The zero-order valence-electron chi connectivity index (χ0n) is 51.9. The fourth-order valence-corrected chi connectivity index (χ4v) is 9.99. The number of quaternary nitrogens is 1. The highest BCUT2D eigenvalue weighted by atomic mass is 31.2. The van der Waals surface area contributed by atoms with Crippen molar-refractivity contribution < 1.29 is 37.3 Å². The molecule has 0 heterocycles. The Kier molecular flexibility index (Phi) is 55.8. The van der Waals surface area contributed by atoms with Crippen molar-refractivity contribution in [3.05, 3.63) is 72.9 Å². The predicted molar refractivity (Wildman–Crippen MR) is 335 cm³/mol. The van der Waals surface area contributed by atoms with Gasteiger partial charge in [-0.2, -0.15) is 0 Å². The molecule has 0 saturated heterocycles. The number of rotatable bonds is 59. The number of likely N-dealkylation sites (N-methyl/N-ethyl adjacent to an activating group) is 1. The van der Waals surface area contributed by atoms with Gasteiger partial charge in [-0.3, -0.25) is 14.2 Å². The maximum absolute atomic E-state index is 13.5. The van der Waals surface area contributed by atoms with Crippen molar-refractivity contribution in [3.63, 3.8) is 0 Å². The minimum atomic E-state index is -4.70. The molecule has 3 unspecified atom stereocenters. The summed E-state index contributed by atoms with van der Waals surface area (Å²) in [6.45, 7) is 6.81. The summed E-state index contributed by atoms with van der Waals surface area (Å²) >= 11 is 0. The van der Waals surface area contributed by atoms with Crippen LogP contribution < -0.4 is 10.2 Å². The van der Waals surface area contributed by atoms with E-state index in [-0.39, 0.29) is 24.9 Å². The van der Waals surface area contributed by atoms with Gasteiger partial charge >= 0.3 is 5.97 Å². The molecule has 0 aromatic carbocycles. The second-order valence-electron chi connectivity index (χ2n) is 23.3. The van der Waals surface area contributed by atoms with Crippen molar-refractivity contribution in [2.24, 2.45) is 0 Å². The summed E-state index contributed by atoms with van der Waals surface area (Å²) in [6, 6.07) is -0.895. The molecule has 0 rings (SSSR count). The Balaban J connectivity index is 5.15. The fraction of sp³-hybridized carbons (Fsp3) is 0.794. The Bertz CT molecular complexity index is 1570. The number of ether oxygens (including phenoxy) is 1. The van der Waals surface area contributed by atoms with Crippen LogP contribution in [0.2, 0.25) is 0 Å². The molecule has 0 spiro atoms. The molecule has 1 amide bonds. The topological polar surface area (TPSA) is 114 Å². The number of amides is 1. The van der Waals surface area contributed by atoms with Crippen LogP contribution in [0.25, 0.3) is 0 Å². The van der Waals surface area contributed by atoms with Crippen LogP contribution >= 0.6 is 7.82 Å². The molecule has 78 heavy (non-hydrogen) atoms. The van der Waals surface area contributed by atoms with Gasteiger partial charge in [-0.05, 0) is 102 Å². The first-order valence-electron chi connectivity index (χ1n) is 32.7. The normalized spacial score (nSPS) is 14.1. The fourth-order valence-electron chi connectivity index (χ4n) is 9.27. The maximum Gasteiger partial charge on any atom is 0.306 e. The molecule has 0 aliphatic heterocycles. The maximum atomic E-state index is 13.5. The van der Waals surface area contributed by atoms with E-state index in [0.717, 1.165) is 103 Å². The molecule has 0 fully saturated rings. The second kappa shape index (κ2) is 57.7. The molecular weight excluding hydrogens is 988 g/mol. The van der Waals surface area contributed by atoms with Crippen LogP contribution in [0.3, 0.4) is 0 Å². The average Bonchev–Trinajstić information content (AvgIpc) is 3.40. The van der Waals surface area contributed by atoms with Crippen molar-refractivity contribution in [2.75, 3.05) is 40.9 Å². The van der Waals surface area contributed by atoms with Gasteiger partial charge in [0.05, 0.1) is 33.8 Å². The molecular formula is C68H125N2O7P. The van der Waals surface area contributed by atoms with Gasteiger partial charge in [-0.15, -0.1) is 0 Å². The van der Waals surface area contributed by atoms with E-state index in [1.165, 1.54) is 161 Å². The summed E-state index contributed by atoms with van der Waals surface area (Å²) < 4.78 is 30.3. The van der Waals surface area contributed by atoms with Crippen LogP contribution in [0.1, 0.15) is 297 Å². The highest BCUT2D eigenvalue weighted by Gasteiger charge is 2.27. The zero-order valence-corrected chi connectivity index (χ0v) is 52.8. The molecule has 10 heteroatoms. The number of hydrogen-bond donors (Lipinski definition) is 1. The van der Waals surface area contributed by atoms with Crippen molar-refractivity contribution in [3.8, 4) is 0 Å². The lowest BCUT2D eigenvalue weighted by Gasteiger charge is -2.30. The number of carbonyl (C=O) groups is 2. The summed E-state index contributed by atoms with van der Waals surface area (Å²) in [5.41, 5.74) is 0. The van der Waals surface area contributed by atoms with E-state index >= 15 is 0 Å². The zero-order chi connectivity index (χ0) is 57.2. The minimum Gasteiger partial charge on any atom is -0.756 e. The first kappa shape index (κ1) is 75.5. The van der Waals surface area contributed by atoms with Crippen LogP contribution in [0.15, 0.2) is 72.9 Å². The smallest absolute Gasteiger partial charge is 0.306 e. The van der Waals surface area contributed by atoms with Gasteiger partial charge in [-0.25, -0.2) is 0 Å². The first-order valence-corrected chi connectivity index (χ1v) is 34.2. The Morgan fingerprint density at radius 2 is 0.782 bits per heavy atom. The molecule has 0 aromatic rings. The third-order valence-electron chi connectivity index (χ3n) is 14.4. The SMILES string of the molecule is CCCCC/C=C\C/C=C\C/C=C\C/C=C\CCCCCCCCCCCC(=O)OC(/C=C\CCCCCCCCCCCC)C(COP(=O)([O-])OCC[N+](C)(C)C)NC(=O)CCCCCCCCC/C=C\CCCCCC. The van der Waals surface area contributed by atoms with E-state index in [9.17, 15) is 19.0 Å². The van der Waals surface area contributed by atoms with Crippen molar-refractivity contribution in [1.29, 1.82) is 0 Å². The third kappa shape index (κ3) is 58.1. The number of hydrogen-bond acceptors (Lipinski definition) is 7. The van der Waals surface area contributed by atoms with Crippen molar-refractivity contribution >= 4 is 19.7 Å². The highest BCUT2D eigenvalue weighted by Crippen LogP contribution is 2.38. The number of phosphoric ester groups is 1. The molecule has 0 aliphatic rings. The van der Waals surface area contributed by atoms with Gasteiger partial charge in [0.1, 0.15) is 19.3 Å². The van der Waals surface area contributed by atoms with Crippen LogP contribution in [0, 0.1) is 0 Å². The van der Waals surface area contributed by atoms with E-state index in [0.29, 0.717) is 17.4 Å². The highest BCUT2D eigenvalue weighted by molar-refractivity contribution is 7.45. The molecule has 0 aromatic heterocycles. The number of nitrogens with one attached hydrogen (secondary N) is 1. The summed E-state index contributed by atoms with van der Waals surface area (Å²) in [5.74, 6) is -0.549. The Hall–Kier alpha value is -2.55. The summed E-state index contributed by atoms with van der Waals surface area (Å²) in [7, 11) is 1.18. The average molecular weight is 1110 g/mol. The first-order chi connectivity index (χ1) is 37.9. The Labute approximate surface area is 483 Å². The van der Waals surface area contributed by atoms with Gasteiger partial charge in [0.2, 0.25) is 5.91 Å². The van der Waals surface area contributed by atoms with Gasteiger partial charge in [0.25, 0.3) is 7.82 Å². The summed E-state index contributed by atoms with van der Waals surface area (Å²) in [4.78, 5) is 40.0. The van der Waals surface area contributed by atoms with Gasteiger partial charge in [0.15, 0.2) is 0 Å². The lowest BCUT2D eigenvalue weighted by Crippen LogP contribution is -2.47. The standard InChI is InChI=1S/C68H125N2O7P/c1-7-10-13-16-19-22-25-28-30-31-32-33-34-35-36-37-38-39-41-43-46-49-52-55-58-61-68(72)77-66(59-56-53-50-47-44-27-24-21-18-15-12-9-3)65(64-76-78(73,74)75-63-62-70(4,5)6)69-67(71)60-57-54-51-48-45-42-40-29-26-23-20-17-14-11-8-2/h19,22-23,26,28,30,32-33,35-36,56,59,65-66H,7-18,20-21,24-25,27,29,31,34,37-55,57-58,60-64H2,1-6H3,(H-,69,71,73,74)/b22-19-,26-23-,30-28-,33-32-,36-35-,59-56-. The lowest BCUT2D eigenvalue weighted by atomic mass is 10.0. The molecule has 9 nitrogen and oxygen atoms in total. The van der Waals surface area contributed by atoms with E-state index < -0.39 is 26.6 Å². The molecule has 0 radical (unpaired) electrons. The number of allylic oxidation sites excluding steroid dienone is 11. The van der Waals surface area contributed by atoms with Gasteiger partial charge < -0.3 is 28.5 Å². The molecule has 0 aliphatic carbocycles. The molecule has 1 N–H and O–H groups in total. The van der Waals surface area contributed by atoms with E-state index in [2.05, 4.69) is 86.8 Å². The van der Waals surface area contributed by atoms with E-state index in [1.54, 1.807) is 0 Å². The van der Waals surface area contributed by atoms with Crippen LogP contribution in [0.4, 0.5) is 0 Å². The molecule has 454 valence electrons. The monoisotopic (exact) mass is 1110 g/mol. The predicted octanol–water partition coefficient (Wildman–Crippen LogP) is 19.8. The second-order valence-corrected chi connectivity index (χ2v) is 24.7. The van der Waals surface area contributed by atoms with Gasteiger partial charge in [0, 0.05) is 12.8 Å². The Morgan fingerprint density at radius 1 is 0.449 bits per heavy atom. The van der Waals surface area contributed by atoms with Crippen molar-refractivity contribution in [2.45, 2.75) is 309 Å². The number of nitrogens with zero attached hydrogens (tertiary/aromatic N) is 1. The van der Waals surface area contributed by atoms with Gasteiger partial charge in [-0.1, -0.05) is 255 Å². The number of unbranched alkanes of at least 4 members (excludes halogenated alkanes) is 33. The van der Waals surface area contributed by atoms with Crippen LogP contribution in [-0.4, -0.2) is 69.4 Å². The van der Waals surface area contributed by atoms with Crippen LogP contribution in [0.5, 0.6) is 0 Å².